The molecule has 3 aromatic rings. The number of aromatic nitrogens is 2. The second-order valence-corrected chi connectivity index (χ2v) is 3.32. The van der Waals surface area contributed by atoms with E-state index in [1.807, 2.05) is 30.3 Å². The van der Waals surface area contributed by atoms with Gasteiger partial charge in [-0.15, -0.1) is 0 Å². The third kappa shape index (κ3) is 1.38. The summed E-state index contributed by atoms with van der Waals surface area (Å²) in [6.45, 7) is -0.271. The normalized spacial score (nSPS) is 11.1. The summed E-state index contributed by atoms with van der Waals surface area (Å²) < 4.78 is 10.3. The molecule has 0 aliphatic heterocycles. The van der Waals surface area contributed by atoms with Gasteiger partial charge in [0.15, 0.2) is 5.76 Å². The van der Waals surface area contributed by atoms with Crippen LogP contribution in [0.5, 0.6) is 0 Å². The van der Waals surface area contributed by atoms with Crippen molar-refractivity contribution in [1.29, 1.82) is 0 Å². The van der Waals surface area contributed by atoms with Crippen LogP contribution in [0.25, 0.3) is 22.6 Å². The van der Waals surface area contributed by atoms with E-state index in [9.17, 15) is 0 Å². The highest BCUT2D eigenvalue weighted by atomic mass is 16.5. The van der Waals surface area contributed by atoms with E-state index in [0.717, 1.165) is 11.0 Å². The van der Waals surface area contributed by atoms with E-state index in [0.29, 0.717) is 11.6 Å². The molecule has 0 radical (unpaired) electrons. The van der Waals surface area contributed by atoms with Gasteiger partial charge in [0.05, 0.1) is 0 Å². The predicted octanol–water partition coefficient (Wildman–Crippen LogP) is 1.98. The van der Waals surface area contributed by atoms with Crippen molar-refractivity contribution in [1.82, 2.24) is 10.1 Å². The van der Waals surface area contributed by atoms with Crippen LogP contribution < -0.4 is 0 Å². The van der Waals surface area contributed by atoms with Gasteiger partial charge in [-0.2, -0.15) is 4.98 Å². The standard InChI is InChI=1S/C11H8N2O3/c14-6-10-12-11(13-16-10)9-5-7-3-1-2-4-8(7)15-9/h1-5,14H,6H2. The third-order valence-corrected chi connectivity index (χ3v) is 2.25. The molecule has 2 heterocycles. The lowest BCUT2D eigenvalue weighted by molar-refractivity contribution is 0.222. The molecule has 5 heteroatoms. The highest BCUT2D eigenvalue weighted by Crippen LogP contribution is 2.25. The molecule has 5 nitrogen and oxygen atoms in total. The number of rotatable bonds is 2. The van der Waals surface area contributed by atoms with Gasteiger partial charge in [0.2, 0.25) is 5.82 Å². The number of hydrogen-bond acceptors (Lipinski definition) is 5. The lowest BCUT2D eigenvalue weighted by Crippen LogP contribution is -1.81. The Labute approximate surface area is 90.3 Å². The van der Waals surface area contributed by atoms with E-state index in [4.69, 9.17) is 14.0 Å². The second-order valence-electron chi connectivity index (χ2n) is 3.32. The van der Waals surface area contributed by atoms with Crippen LogP contribution in [0.3, 0.4) is 0 Å². The highest BCUT2D eigenvalue weighted by molar-refractivity contribution is 5.81. The van der Waals surface area contributed by atoms with Gasteiger partial charge in [0.25, 0.3) is 5.89 Å². The van der Waals surface area contributed by atoms with E-state index < -0.39 is 0 Å². The summed E-state index contributed by atoms with van der Waals surface area (Å²) in [7, 11) is 0. The van der Waals surface area contributed by atoms with Gasteiger partial charge in [0, 0.05) is 5.39 Å². The number of nitrogens with zero attached hydrogens (tertiary/aromatic N) is 2. The molecule has 0 amide bonds. The van der Waals surface area contributed by atoms with Crippen LogP contribution in [0.15, 0.2) is 39.3 Å². The van der Waals surface area contributed by atoms with E-state index in [2.05, 4.69) is 10.1 Å². The molecule has 0 atom stereocenters. The fraction of sp³-hybridized carbons (Fsp3) is 0.0909. The van der Waals surface area contributed by atoms with Crippen LogP contribution in [0.2, 0.25) is 0 Å². The van der Waals surface area contributed by atoms with Crippen LogP contribution in [0, 0.1) is 0 Å². The van der Waals surface area contributed by atoms with Crippen molar-refractivity contribution in [2.45, 2.75) is 6.61 Å². The number of furan rings is 1. The Hall–Kier alpha value is -2.14. The molecule has 0 bridgehead atoms. The molecule has 0 aliphatic carbocycles. The van der Waals surface area contributed by atoms with Crippen LogP contribution >= 0.6 is 0 Å². The fourth-order valence-corrected chi connectivity index (χ4v) is 1.51. The van der Waals surface area contributed by atoms with Gasteiger partial charge in [-0.05, 0) is 12.1 Å². The van der Waals surface area contributed by atoms with Gasteiger partial charge >= 0.3 is 0 Å². The zero-order chi connectivity index (χ0) is 11.0. The maximum Gasteiger partial charge on any atom is 0.252 e. The molecule has 0 aliphatic rings. The third-order valence-electron chi connectivity index (χ3n) is 2.25. The minimum atomic E-state index is -0.271. The first-order valence-electron chi connectivity index (χ1n) is 4.79. The Morgan fingerprint density at radius 1 is 1.25 bits per heavy atom. The van der Waals surface area contributed by atoms with E-state index in [1.54, 1.807) is 0 Å². The summed E-state index contributed by atoms with van der Waals surface area (Å²) >= 11 is 0. The van der Waals surface area contributed by atoms with Crippen LogP contribution in [-0.4, -0.2) is 15.2 Å². The first-order chi connectivity index (χ1) is 7.86. The molecule has 0 saturated heterocycles. The van der Waals surface area contributed by atoms with Gasteiger partial charge in [-0.3, -0.25) is 0 Å². The molecule has 16 heavy (non-hydrogen) atoms. The average molecular weight is 216 g/mol. The Bertz CT molecular complexity index is 594. The highest BCUT2D eigenvalue weighted by Gasteiger charge is 2.12. The largest absolute Gasteiger partial charge is 0.453 e. The lowest BCUT2D eigenvalue weighted by Gasteiger charge is -1.84. The summed E-state index contributed by atoms with van der Waals surface area (Å²) in [4.78, 5) is 3.97. The molecule has 3 rings (SSSR count). The quantitative estimate of drug-likeness (QED) is 0.709. The minimum absolute atomic E-state index is 0.176. The second kappa shape index (κ2) is 3.46. The summed E-state index contributed by atoms with van der Waals surface area (Å²) in [5, 5.41) is 13.5. The van der Waals surface area contributed by atoms with Gasteiger partial charge in [0.1, 0.15) is 12.2 Å². The van der Waals surface area contributed by atoms with Crippen molar-refractivity contribution in [3.8, 4) is 11.6 Å². The zero-order valence-corrected chi connectivity index (χ0v) is 8.25. The maximum absolute atomic E-state index is 8.81. The number of fused-ring (bicyclic) bond motifs is 1. The lowest BCUT2D eigenvalue weighted by atomic mass is 10.2. The van der Waals surface area contributed by atoms with E-state index >= 15 is 0 Å². The summed E-state index contributed by atoms with van der Waals surface area (Å²) in [5.41, 5.74) is 0.771. The smallest absolute Gasteiger partial charge is 0.252 e. The molecule has 0 saturated carbocycles. The van der Waals surface area contributed by atoms with Crippen molar-refractivity contribution in [3.63, 3.8) is 0 Å². The molecule has 1 aromatic carbocycles. The monoisotopic (exact) mass is 216 g/mol. The average Bonchev–Trinajstić information content (AvgIpc) is 2.95. The summed E-state index contributed by atoms with van der Waals surface area (Å²) in [6, 6.07) is 9.46. The van der Waals surface area contributed by atoms with Gasteiger partial charge < -0.3 is 14.0 Å². The van der Waals surface area contributed by atoms with Crippen LogP contribution in [0.4, 0.5) is 0 Å². The van der Waals surface area contributed by atoms with E-state index in [1.165, 1.54) is 0 Å². The number of hydrogen-bond donors (Lipinski definition) is 1. The Morgan fingerprint density at radius 2 is 2.12 bits per heavy atom. The first kappa shape index (κ1) is 9.11. The predicted molar refractivity (Wildman–Crippen MR) is 55.4 cm³/mol. The van der Waals surface area contributed by atoms with Crippen molar-refractivity contribution in [2.24, 2.45) is 0 Å². The van der Waals surface area contributed by atoms with Crippen LogP contribution in [-0.2, 0) is 6.61 Å². The SMILES string of the molecule is OCc1nc(-c2cc3ccccc3o2)no1. The Morgan fingerprint density at radius 3 is 2.88 bits per heavy atom. The van der Waals surface area contributed by atoms with Crippen molar-refractivity contribution >= 4 is 11.0 Å². The van der Waals surface area contributed by atoms with Crippen molar-refractivity contribution in [3.05, 3.63) is 36.2 Å². The molecule has 1 N–H and O–H groups in total. The molecular formula is C11H8N2O3. The van der Waals surface area contributed by atoms with Crippen molar-refractivity contribution < 1.29 is 14.0 Å². The number of benzene rings is 1. The summed E-state index contributed by atoms with van der Waals surface area (Å²) in [6.07, 6.45) is 0. The van der Waals surface area contributed by atoms with Crippen molar-refractivity contribution in [2.75, 3.05) is 0 Å². The Balaban J connectivity index is 2.11. The maximum atomic E-state index is 8.81. The molecule has 0 spiro atoms. The van der Waals surface area contributed by atoms with Gasteiger partial charge in [-0.1, -0.05) is 23.4 Å². The first-order valence-corrected chi connectivity index (χ1v) is 4.79. The molecule has 0 fully saturated rings. The number of aliphatic hydroxyl groups is 1. The van der Waals surface area contributed by atoms with E-state index in [-0.39, 0.29) is 12.5 Å². The molecular weight excluding hydrogens is 208 g/mol. The molecule has 0 unspecified atom stereocenters. The zero-order valence-electron chi connectivity index (χ0n) is 8.25. The number of para-hydroxylation sites is 1. The number of aliphatic hydroxyl groups excluding tert-OH is 1. The minimum Gasteiger partial charge on any atom is -0.453 e. The molecule has 80 valence electrons. The fourth-order valence-electron chi connectivity index (χ4n) is 1.51. The summed E-state index contributed by atoms with van der Waals surface area (Å²) in [5.74, 6) is 1.06. The van der Waals surface area contributed by atoms with Gasteiger partial charge in [-0.25, -0.2) is 0 Å². The molecule has 2 aromatic heterocycles. The topological polar surface area (TPSA) is 72.3 Å². The van der Waals surface area contributed by atoms with Crippen LogP contribution in [0.1, 0.15) is 5.89 Å². The Kier molecular flexibility index (Phi) is 1.97.